The minimum Gasteiger partial charge on any atom is -0.493 e. The maximum Gasteiger partial charge on any atom is 0.303 e. The van der Waals surface area contributed by atoms with Crippen LogP contribution in [0.1, 0.15) is 25.7 Å². The zero-order valence-corrected chi connectivity index (χ0v) is 9.67. The van der Waals surface area contributed by atoms with Crippen LogP contribution < -0.4 is 4.74 Å². The van der Waals surface area contributed by atoms with E-state index in [0.29, 0.717) is 23.8 Å². The molecule has 0 aromatic heterocycles. The fourth-order valence-corrected chi connectivity index (χ4v) is 1.40. The molecule has 0 aliphatic carbocycles. The van der Waals surface area contributed by atoms with Crippen molar-refractivity contribution in [2.24, 2.45) is 0 Å². The smallest absolute Gasteiger partial charge is 0.303 e. The van der Waals surface area contributed by atoms with Crippen molar-refractivity contribution in [3.63, 3.8) is 0 Å². The van der Waals surface area contributed by atoms with Gasteiger partial charge in [-0.2, -0.15) is 0 Å². The lowest BCUT2D eigenvalue weighted by atomic mass is 10.2. The topological polar surface area (TPSA) is 46.5 Å². The summed E-state index contributed by atoms with van der Waals surface area (Å²) in [4.78, 5) is 10.2. The Kier molecular flexibility index (Phi) is 5.72. The van der Waals surface area contributed by atoms with E-state index < -0.39 is 5.97 Å². The summed E-state index contributed by atoms with van der Waals surface area (Å²) in [5, 5.41) is 9.05. The standard InChI is InChI=1S/C12H14ClO3/c13-10-5-4-6-11(9-10)16-8-3-1-2-7-12(14)15/h4-5,9H,1-3,7-8H2,(H,14,15). The molecule has 1 radical (unpaired) electrons. The van der Waals surface area contributed by atoms with Crippen LogP contribution >= 0.6 is 11.6 Å². The zero-order valence-electron chi connectivity index (χ0n) is 8.91. The van der Waals surface area contributed by atoms with E-state index in [1.807, 2.05) is 0 Å². The van der Waals surface area contributed by atoms with Crippen LogP contribution in [-0.2, 0) is 4.79 Å². The minimum atomic E-state index is -0.746. The monoisotopic (exact) mass is 241 g/mol. The summed E-state index contributed by atoms with van der Waals surface area (Å²) in [5.74, 6) is -0.116. The molecule has 1 aromatic carbocycles. The summed E-state index contributed by atoms with van der Waals surface area (Å²) in [5.41, 5.74) is 0. The zero-order chi connectivity index (χ0) is 11.8. The molecule has 16 heavy (non-hydrogen) atoms. The third-order valence-corrected chi connectivity index (χ3v) is 2.26. The Balaban J connectivity index is 2.09. The van der Waals surface area contributed by atoms with E-state index in [9.17, 15) is 4.79 Å². The van der Waals surface area contributed by atoms with Crippen LogP contribution in [0.5, 0.6) is 5.75 Å². The molecule has 87 valence electrons. The second kappa shape index (κ2) is 7.12. The number of unbranched alkanes of at least 4 members (excludes halogenated alkanes) is 2. The van der Waals surface area contributed by atoms with Crippen molar-refractivity contribution < 1.29 is 14.6 Å². The molecule has 4 heteroatoms. The predicted octanol–water partition coefficient (Wildman–Crippen LogP) is 3.16. The molecule has 0 fully saturated rings. The second-order valence-electron chi connectivity index (χ2n) is 3.42. The molecule has 0 spiro atoms. The molecule has 1 aromatic rings. The molecule has 3 nitrogen and oxygen atoms in total. The first kappa shape index (κ1) is 12.8. The SMILES string of the molecule is O=C(O)CCCCCOc1[c]ccc(Cl)c1. The van der Waals surface area contributed by atoms with Gasteiger partial charge in [-0.05, 0) is 37.5 Å². The molecule has 0 atom stereocenters. The van der Waals surface area contributed by atoms with Crippen LogP contribution in [-0.4, -0.2) is 17.7 Å². The first-order valence-corrected chi connectivity index (χ1v) is 5.58. The number of hydrogen-bond donors (Lipinski definition) is 1. The van der Waals surface area contributed by atoms with Crippen LogP contribution in [0, 0.1) is 6.07 Å². The van der Waals surface area contributed by atoms with Gasteiger partial charge in [-0.25, -0.2) is 0 Å². The van der Waals surface area contributed by atoms with E-state index in [2.05, 4.69) is 6.07 Å². The highest BCUT2D eigenvalue weighted by Crippen LogP contribution is 2.16. The molecular formula is C12H14ClO3. The molecule has 0 heterocycles. The number of halogens is 1. The summed E-state index contributed by atoms with van der Waals surface area (Å²) in [7, 11) is 0. The normalized spacial score (nSPS) is 10.1. The van der Waals surface area contributed by atoms with Crippen molar-refractivity contribution >= 4 is 17.6 Å². The van der Waals surface area contributed by atoms with Gasteiger partial charge in [-0.15, -0.1) is 0 Å². The average Bonchev–Trinajstić information content (AvgIpc) is 2.23. The van der Waals surface area contributed by atoms with E-state index in [1.165, 1.54) is 0 Å². The summed E-state index contributed by atoms with van der Waals surface area (Å²) >= 11 is 5.78. The van der Waals surface area contributed by atoms with Crippen molar-refractivity contribution in [3.05, 3.63) is 29.3 Å². The van der Waals surface area contributed by atoms with E-state index in [1.54, 1.807) is 18.2 Å². The van der Waals surface area contributed by atoms with Crippen molar-refractivity contribution in [1.29, 1.82) is 0 Å². The molecule has 1 rings (SSSR count). The lowest BCUT2D eigenvalue weighted by Gasteiger charge is -2.05. The number of ether oxygens (including phenoxy) is 1. The van der Waals surface area contributed by atoms with Crippen molar-refractivity contribution in [1.82, 2.24) is 0 Å². The second-order valence-corrected chi connectivity index (χ2v) is 3.86. The third-order valence-electron chi connectivity index (χ3n) is 2.03. The molecule has 0 amide bonds. The molecular weight excluding hydrogens is 228 g/mol. The number of carboxylic acid groups (broad SMARTS) is 1. The highest BCUT2D eigenvalue weighted by atomic mass is 35.5. The fraction of sp³-hybridized carbons (Fsp3) is 0.417. The number of benzene rings is 1. The quantitative estimate of drug-likeness (QED) is 0.746. The first-order valence-electron chi connectivity index (χ1n) is 5.20. The van der Waals surface area contributed by atoms with Crippen LogP contribution in [0.4, 0.5) is 0 Å². The summed E-state index contributed by atoms with van der Waals surface area (Å²) in [6, 6.07) is 8.07. The van der Waals surface area contributed by atoms with Crippen molar-refractivity contribution in [2.75, 3.05) is 6.61 Å². The van der Waals surface area contributed by atoms with Crippen LogP contribution in [0.3, 0.4) is 0 Å². The summed E-state index contributed by atoms with van der Waals surface area (Å²) in [6.45, 7) is 0.566. The third kappa shape index (κ3) is 5.61. The van der Waals surface area contributed by atoms with Gasteiger partial charge in [0.25, 0.3) is 0 Å². The molecule has 0 unspecified atom stereocenters. The molecule has 0 bridgehead atoms. The van der Waals surface area contributed by atoms with Gasteiger partial charge in [0.15, 0.2) is 0 Å². The van der Waals surface area contributed by atoms with E-state index in [4.69, 9.17) is 21.4 Å². The van der Waals surface area contributed by atoms with Crippen molar-refractivity contribution in [3.8, 4) is 5.75 Å². The van der Waals surface area contributed by atoms with E-state index >= 15 is 0 Å². The summed E-state index contributed by atoms with van der Waals surface area (Å²) in [6.07, 6.45) is 2.61. The minimum absolute atomic E-state index is 0.225. The number of rotatable bonds is 7. The van der Waals surface area contributed by atoms with Crippen molar-refractivity contribution in [2.45, 2.75) is 25.7 Å². The molecule has 0 aliphatic heterocycles. The van der Waals surface area contributed by atoms with Gasteiger partial charge in [0.05, 0.1) is 6.61 Å². The van der Waals surface area contributed by atoms with E-state index in [0.717, 1.165) is 12.8 Å². The largest absolute Gasteiger partial charge is 0.493 e. The maximum absolute atomic E-state index is 10.2. The van der Waals surface area contributed by atoms with Gasteiger partial charge < -0.3 is 9.84 Å². The van der Waals surface area contributed by atoms with Crippen LogP contribution in [0.2, 0.25) is 5.02 Å². The van der Waals surface area contributed by atoms with Crippen LogP contribution in [0.15, 0.2) is 18.2 Å². The molecule has 0 saturated carbocycles. The number of aliphatic carboxylic acids is 1. The van der Waals surface area contributed by atoms with Gasteiger partial charge in [0, 0.05) is 17.5 Å². The fourth-order valence-electron chi connectivity index (χ4n) is 1.24. The van der Waals surface area contributed by atoms with Gasteiger partial charge in [-0.1, -0.05) is 11.6 Å². The van der Waals surface area contributed by atoms with Gasteiger partial charge in [-0.3, -0.25) is 4.79 Å². The molecule has 0 saturated heterocycles. The average molecular weight is 242 g/mol. The van der Waals surface area contributed by atoms with Crippen LogP contribution in [0.25, 0.3) is 0 Å². The number of carbonyl (C=O) groups is 1. The first-order chi connectivity index (χ1) is 7.68. The Bertz CT molecular complexity index is 339. The number of hydrogen-bond acceptors (Lipinski definition) is 2. The highest BCUT2D eigenvalue weighted by Gasteiger charge is 1.98. The highest BCUT2D eigenvalue weighted by molar-refractivity contribution is 6.30. The van der Waals surface area contributed by atoms with Gasteiger partial charge >= 0.3 is 5.97 Å². The summed E-state index contributed by atoms with van der Waals surface area (Å²) < 4.78 is 5.41. The maximum atomic E-state index is 10.2. The lowest BCUT2D eigenvalue weighted by molar-refractivity contribution is -0.137. The molecule has 1 N–H and O–H groups in total. The molecule has 0 aliphatic rings. The lowest BCUT2D eigenvalue weighted by Crippen LogP contribution is -1.99. The number of carboxylic acids is 1. The Labute approximate surface area is 100.0 Å². The van der Waals surface area contributed by atoms with Gasteiger partial charge in [0.2, 0.25) is 0 Å². The Morgan fingerprint density at radius 3 is 2.94 bits per heavy atom. The van der Waals surface area contributed by atoms with Gasteiger partial charge in [0.1, 0.15) is 5.75 Å². The van der Waals surface area contributed by atoms with E-state index in [-0.39, 0.29) is 6.42 Å². The predicted molar refractivity (Wildman–Crippen MR) is 61.9 cm³/mol. The Morgan fingerprint density at radius 2 is 2.25 bits per heavy atom. The Morgan fingerprint density at radius 1 is 1.44 bits per heavy atom. The Hall–Kier alpha value is -1.22.